The monoisotopic (exact) mass is 287 g/mol. The van der Waals surface area contributed by atoms with Crippen molar-refractivity contribution in [1.82, 2.24) is 19.5 Å². The van der Waals surface area contributed by atoms with Gasteiger partial charge in [-0.15, -0.1) is 0 Å². The summed E-state index contributed by atoms with van der Waals surface area (Å²) in [4.78, 5) is 13.2. The predicted molar refractivity (Wildman–Crippen MR) is 79.7 cm³/mol. The van der Waals surface area contributed by atoms with Crippen LogP contribution in [0.1, 0.15) is 12.7 Å². The van der Waals surface area contributed by atoms with Gasteiger partial charge in [0.05, 0.1) is 12.1 Å². The maximum atomic E-state index is 9.33. The molecule has 0 atom stereocenters. The second kappa shape index (κ2) is 5.63. The van der Waals surface area contributed by atoms with Crippen molar-refractivity contribution in [2.45, 2.75) is 20.1 Å². The number of nitrogens with zero attached hydrogens (tertiary/aromatic N) is 4. The summed E-state index contributed by atoms with van der Waals surface area (Å²) in [5.74, 6) is 1.08. The van der Waals surface area contributed by atoms with E-state index in [-0.39, 0.29) is 6.61 Å². The number of hydrogen-bond acceptors (Lipinski definition) is 6. The van der Waals surface area contributed by atoms with Crippen LogP contribution in [0.3, 0.4) is 0 Å². The van der Waals surface area contributed by atoms with Crippen molar-refractivity contribution >= 4 is 27.9 Å². The fourth-order valence-electron chi connectivity index (χ4n) is 2.41. The smallest absolute Gasteiger partial charge is 0.152 e. The number of hydrogen-bond donors (Lipinski definition) is 2. The summed E-state index contributed by atoms with van der Waals surface area (Å²) < 4.78 is 7.34. The number of rotatable bonds is 5. The number of aliphatic hydroxyl groups excluding tert-OH is 1. The number of imidazole rings is 1. The van der Waals surface area contributed by atoms with E-state index >= 15 is 0 Å². The minimum atomic E-state index is 0.00113. The summed E-state index contributed by atoms with van der Waals surface area (Å²) in [6, 6.07) is 3.67. The zero-order chi connectivity index (χ0) is 14.8. The molecule has 0 amide bonds. The average molecular weight is 287 g/mol. The second-order valence-corrected chi connectivity index (χ2v) is 4.61. The highest BCUT2D eigenvalue weighted by atomic mass is 16.5. The van der Waals surface area contributed by atoms with Gasteiger partial charge in [-0.05, 0) is 19.1 Å². The molecule has 0 bridgehead atoms. The van der Waals surface area contributed by atoms with E-state index in [0.717, 1.165) is 11.0 Å². The number of anilines is 1. The third-order valence-electron chi connectivity index (χ3n) is 3.30. The molecule has 3 heterocycles. The Labute approximate surface area is 121 Å². The lowest BCUT2D eigenvalue weighted by atomic mass is 10.2. The van der Waals surface area contributed by atoms with Crippen molar-refractivity contribution < 1.29 is 9.84 Å². The fraction of sp³-hybridized carbons (Fsp3) is 0.357. The fourth-order valence-corrected chi connectivity index (χ4v) is 2.41. The summed E-state index contributed by atoms with van der Waals surface area (Å²) in [6.07, 6.45) is 1.71. The summed E-state index contributed by atoms with van der Waals surface area (Å²) >= 11 is 0. The number of aromatic nitrogens is 4. The molecule has 0 radical (unpaired) electrons. The van der Waals surface area contributed by atoms with E-state index in [2.05, 4.69) is 15.0 Å². The Morgan fingerprint density at radius 2 is 2.19 bits per heavy atom. The molecule has 0 aliphatic heterocycles. The van der Waals surface area contributed by atoms with Crippen LogP contribution in [0.25, 0.3) is 22.1 Å². The van der Waals surface area contributed by atoms with E-state index in [1.807, 2.05) is 23.6 Å². The van der Waals surface area contributed by atoms with Gasteiger partial charge in [-0.25, -0.2) is 9.97 Å². The van der Waals surface area contributed by atoms with Crippen LogP contribution in [-0.4, -0.2) is 37.8 Å². The minimum absolute atomic E-state index is 0.00113. The van der Waals surface area contributed by atoms with Crippen molar-refractivity contribution in [3.8, 4) is 0 Å². The van der Waals surface area contributed by atoms with E-state index < -0.39 is 0 Å². The first kappa shape index (κ1) is 13.7. The Balaban J connectivity index is 2.32. The molecule has 0 aliphatic carbocycles. The van der Waals surface area contributed by atoms with E-state index in [9.17, 15) is 5.11 Å². The molecule has 0 aliphatic rings. The maximum Gasteiger partial charge on any atom is 0.152 e. The van der Waals surface area contributed by atoms with Crippen LogP contribution >= 0.6 is 0 Å². The highest BCUT2D eigenvalue weighted by Gasteiger charge is 2.17. The van der Waals surface area contributed by atoms with E-state index in [4.69, 9.17) is 10.5 Å². The largest absolute Gasteiger partial charge is 0.395 e. The van der Waals surface area contributed by atoms with Crippen LogP contribution in [0.2, 0.25) is 0 Å². The molecule has 7 heteroatoms. The zero-order valence-corrected chi connectivity index (χ0v) is 11.8. The van der Waals surface area contributed by atoms with Gasteiger partial charge in [0.15, 0.2) is 5.82 Å². The zero-order valence-electron chi connectivity index (χ0n) is 11.8. The average Bonchev–Trinajstić information content (AvgIpc) is 2.85. The first-order valence-electron chi connectivity index (χ1n) is 6.84. The molecule has 110 valence electrons. The molecule has 0 aromatic carbocycles. The molecule has 0 saturated carbocycles. The molecule has 3 aromatic rings. The van der Waals surface area contributed by atoms with Gasteiger partial charge in [0, 0.05) is 19.3 Å². The molecule has 21 heavy (non-hydrogen) atoms. The first-order valence-corrected chi connectivity index (χ1v) is 6.84. The molecule has 3 rings (SSSR count). The Morgan fingerprint density at radius 1 is 1.33 bits per heavy atom. The normalized spacial score (nSPS) is 11.5. The molecule has 3 N–H and O–H groups in total. The summed E-state index contributed by atoms with van der Waals surface area (Å²) in [6.45, 7) is 3.29. The van der Waals surface area contributed by atoms with Crippen LogP contribution in [0.5, 0.6) is 0 Å². The summed E-state index contributed by atoms with van der Waals surface area (Å²) in [7, 11) is 0. The van der Waals surface area contributed by atoms with Crippen molar-refractivity contribution in [3.63, 3.8) is 0 Å². The van der Waals surface area contributed by atoms with Crippen LogP contribution in [-0.2, 0) is 17.9 Å². The number of fused-ring (bicyclic) bond motifs is 3. The Hall–Kier alpha value is -2.25. The number of pyridine rings is 2. The molecule has 0 saturated heterocycles. The van der Waals surface area contributed by atoms with Gasteiger partial charge < -0.3 is 20.1 Å². The maximum absolute atomic E-state index is 9.33. The summed E-state index contributed by atoms with van der Waals surface area (Å²) in [5, 5.41) is 9.33. The van der Waals surface area contributed by atoms with Crippen molar-refractivity contribution in [1.29, 1.82) is 0 Å². The van der Waals surface area contributed by atoms with E-state index in [1.165, 1.54) is 0 Å². The quantitative estimate of drug-likeness (QED) is 0.728. The minimum Gasteiger partial charge on any atom is -0.395 e. The summed E-state index contributed by atoms with van der Waals surface area (Å²) in [5.41, 5.74) is 8.85. The first-order chi connectivity index (χ1) is 10.3. The topological polar surface area (TPSA) is 99.1 Å². The molecule has 0 unspecified atom stereocenters. The molecule has 3 aromatic heterocycles. The SMILES string of the molecule is CCOCc1nc2c(N)nc3cccnc3c2n1CCO. The molecule has 0 spiro atoms. The second-order valence-electron chi connectivity index (χ2n) is 4.61. The van der Waals surface area contributed by atoms with Crippen LogP contribution in [0.4, 0.5) is 5.82 Å². The van der Waals surface area contributed by atoms with Gasteiger partial charge in [0.2, 0.25) is 0 Å². The van der Waals surface area contributed by atoms with Crippen molar-refractivity contribution in [2.75, 3.05) is 18.9 Å². The van der Waals surface area contributed by atoms with Gasteiger partial charge in [-0.1, -0.05) is 0 Å². The van der Waals surface area contributed by atoms with Crippen molar-refractivity contribution in [2.24, 2.45) is 0 Å². The van der Waals surface area contributed by atoms with E-state index in [0.29, 0.717) is 42.4 Å². The third-order valence-corrected chi connectivity index (χ3v) is 3.30. The van der Waals surface area contributed by atoms with Crippen LogP contribution in [0, 0.1) is 0 Å². The van der Waals surface area contributed by atoms with Gasteiger partial charge in [-0.2, -0.15) is 0 Å². The Bertz CT molecular complexity index is 784. The highest BCUT2D eigenvalue weighted by Crippen LogP contribution is 2.27. The molecular weight excluding hydrogens is 270 g/mol. The lowest BCUT2D eigenvalue weighted by Crippen LogP contribution is -2.09. The standard InChI is InChI=1S/C14H17N5O2/c1-2-21-8-10-18-12-13(19(10)6-7-20)11-9(17-14(12)15)4-3-5-16-11/h3-5,20H,2,6-8H2,1H3,(H2,15,17). The molecular formula is C14H17N5O2. The predicted octanol–water partition coefficient (Wildman–Crippen LogP) is 1.09. The van der Waals surface area contributed by atoms with Gasteiger partial charge in [-0.3, -0.25) is 4.98 Å². The van der Waals surface area contributed by atoms with Crippen molar-refractivity contribution in [3.05, 3.63) is 24.2 Å². The molecule has 0 fully saturated rings. The third kappa shape index (κ3) is 2.30. The van der Waals surface area contributed by atoms with E-state index in [1.54, 1.807) is 6.20 Å². The lowest BCUT2D eigenvalue weighted by molar-refractivity contribution is 0.125. The number of nitrogens with two attached hydrogens (primary N) is 1. The Kier molecular flexibility index (Phi) is 3.68. The number of nitrogen functional groups attached to an aromatic ring is 1. The Morgan fingerprint density at radius 3 is 2.95 bits per heavy atom. The van der Waals surface area contributed by atoms with Gasteiger partial charge in [0.1, 0.15) is 29.0 Å². The van der Waals surface area contributed by atoms with Crippen LogP contribution < -0.4 is 5.73 Å². The lowest BCUT2D eigenvalue weighted by Gasteiger charge is -2.08. The molecule has 7 nitrogen and oxygen atoms in total. The van der Waals surface area contributed by atoms with Gasteiger partial charge in [0.25, 0.3) is 0 Å². The van der Waals surface area contributed by atoms with Gasteiger partial charge >= 0.3 is 0 Å². The number of aliphatic hydroxyl groups is 1. The number of ether oxygens (including phenoxy) is 1. The highest BCUT2D eigenvalue weighted by molar-refractivity contribution is 6.04. The van der Waals surface area contributed by atoms with Crippen LogP contribution in [0.15, 0.2) is 18.3 Å².